The van der Waals surface area contributed by atoms with Gasteiger partial charge in [0, 0.05) is 31.2 Å². The van der Waals surface area contributed by atoms with E-state index >= 15 is 0 Å². The van der Waals surface area contributed by atoms with Gasteiger partial charge in [0.05, 0.1) is 17.9 Å². The van der Waals surface area contributed by atoms with E-state index in [9.17, 15) is 14.7 Å². The van der Waals surface area contributed by atoms with E-state index in [1.54, 1.807) is 36.0 Å². The van der Waals surface area contributed by atoms with Crippen LogP contribution in [0, 0.1) is 0 Å². The Kier molecular flexibility index (Phi) is 5.36. The zero-order valence-corrected chi connectivity index (χ0v) is 14.4. The first kappa shape index (κ1) is 18.0. The van der Waals surface area contributed by atoms with Crippen LogP contribution in [0.5, 0.6) is 0 Å². The quantitative estimate of drug-likeness (QED) is 0.276. The Morgan fingerprint density at radius 2 is 2.11 bits per heavy atom. The van der Waals surface area contributed by atoms with Gasteiger partial charge in [0.1, 0.15) is 0 Å². The van der Waals surface area contributed by atoms with Crippen LogP contribution in [-0.2, 0) is 11.3 Å². The summed E-state index contributed by atoms with van der Waals surface area (Å²) in [5, 5.41) is 22.7. The van der Waals surface area contributed by atoms with Gasteiger partial charge in [-0.25, -0.2) is 4.79 Å². The molecule has 0 fully saturated rings. The molecular formula is C17H16N6O4. The first-order chi connectivity index (χ1) is 13.1. The second kappa shape index (κ2) is 8.04. The molecule has 0 aliphatic carbocycles. The number of carbonyl (C=O) groups is 2. The molecule has 0 saturated carbocycles. The van der Waals surface area contributed by atoms with Gasteiger partial charge in [-0.05, 0) is 35.9 Å². The number of carbonyl (C=O) groups excluding carboxylic acids is 2. The summed E-state index contributed by atoms with van der Waals surface area (Å²) < 4.78 is 6.60. The summed E-state index contributed by atoms with van der Waals surface area (Å²) in [6, 6.07) is 5.01. The molecule has 0 bridgehead atoms. The molecule has 0 amide bonds. The molecule has 3 aromatic rings. The van der Waals surface area contributed by atoms with Crippen LogP contribution >= 0.6 is 0 Å². The number of hydrogen-bond donors (Lipinski definition) is 2. The van der Waals surface area contributed by atoms with Crippen molar-refractivity contribution in [3.05, 3.63) is 65.5 Å². The first-order valence-electron chi connectivity index (χ1n) is 8.03. The third kappa shape index (κ3) is 4.24. The predicted octanol–water partition coefficient (Wildman–Crippen LogP) is 1.40. The Labute approximate surface area is 153 Å². The van der Waals surface area contributed by atoms with E-state index < -0.39 is 17.5 Å². The van der Waals surface area contributed by atoms with Gasteiger partial charge in [0.15, 0.2) is 5.76 Å². The fourth-order valence-corrected chi connectivity index (χ4v) is 2.39. The van der Waals surface area contributed by atoms with Crippen molar-refractivity contribution in [3.63, 3.8) is 0 Å². The standard InChI is InChI=1S/C17H16N6O4/c1-2-27-17(26)12-7-13(14(24)8-15(25)16-19-21-22-20-16)23(10-12)9-11-3-5-18-6-4-11/h3-8,10,25H,2,9H2,1H3,(H,19,20,21,22). The van der Waals surface area contributed by atoms with E-state index in [2.05, 4.69) is 25.6 Å². The third-order valence-corrected chi connectivity index (χ3v) is 3.60. The van der Waals surface area contributed by atoms with Gasteiger partial charge < -0.3 is 14.4 Å². The summed E-state index contributed by atoms with van der Waals surface area (Å²) in [5.41, 5.74) is 1.32. The minimum absolute atomic E-state index is 0.110. The minimum atomic E-state index is -0.536. The Hall–Kier alpha value is -3.82. The molecule has 3 rings (SSSR count). The number of nitrogens with zero attached hydrogens (tertiary/aromatic N) is 5. The van der Waals surface area contributed by atoms with Gasteiger partial charge in [0.2, 0.25) is 11.6 Å². The zero-order valence-electron chi connectivity index (χ0n) is 14.4. The molecule has 0 saturated heterocycles. The molecule has 10 nitrogen and oxygen atoms in total. The normalized spacial score (nSPS) is 11.4. The molecule has 3 aromatic heterocycles. The van der Waals surface area contributed by atoms with Crippen molar-refractivity contribution >= 4 is 17.5 Å². The second-order valence-electron chi connectivity index (χ2n) is 5.45. The van der Waals surface area contributed by atoms with Crippen molar-refractivity contribution in [1.29, 1.82) is 0 Å². The van der Waals surface area contributed by atoms with Crippen molar-refractivity contribution in [1.82, 2.24) is 30.2 Å². The number of pyridine rings is 1. The highest BCUT2D eigenvalue weighted by Gasteiger charge is 2.19. The fourth-order valence-electron chi connectivity index (χ4n) is 2.39. The molecule has 0 aliphatic rings. The number of H-pyrrole nitrogens is 1. The predicted molar refractivity (Wildman–Crippen MR) is 92.8 cm³/mol. The van der Waals surface area contributed by atoms with Crippen LogP contribution in [0.25, 0.3) is 5.76 Å². The lowest BCUT2D eigenvalue weighted by Gasteiger charge is -2.07. The van der Waals surface area contributed by atoms with Crippen LogP contribution in [-0.4, -0.2) is 53.6 Å². The van der Waals surface area contributed by atoms with Crippen LogP contribution in [0.3, 0.4) is 0 Å². The summed E-state index contributed by atoms with van der Waals surface area (Å²) in [6.07, 6.45) is 5.77. The third-order valence-electron chi connectivity index (χ3n) is 3.60. The number of ketones is 1. The summed E-state index contributed by atoms with van der Waals surface area (Å²) in [5.74, 6) is -1.61. The maximum atomic E-state index is 12.6. The van der Waals surface area contributed by atoms with Crippen molar-refractivity contribution in [3.8, 4) is 0 Å². The van der Waals surface area contributed by atoms with E-state index in [0.29, 0.717) is 6.54 Å². The topological polar surface area (TPSA) is 136 Å². The van der Waals surface area contributed by atoms with Gasteiger partial charge in [0.25, 0.3) is 0 Å². The monoisotopic (exact) mass is 368 g/mol. The van der Waals surface area contributed by atoms with Crippen molar-refractivity contribution in [2.24, 2.45) is 0 Å². The SMILES string of the molecule is CCOC(=O)c1cc(C(=O)C=C(O)c2nn[nH]n2)n(Cc2ccncc2)c1. The van der Waals surface area contributed by atoms with E-state index in [4.69, 9.17) is 4.74 Å². The highest BCUT2D eigenvalue weighted by molar-refractivity contribution is 6.08. The number of allylic oxidation sites excluding steroid dienone is 1. The van der Waals surface area contributed by atoms with Gasteiger partial charge in [-0.15, -0.1) is 10.2 Å². The number of nitrogens with one attached hydrogen (secondary N) is 1. The molecule has 0 spiro atoms. The van der Waals surface area contributed by atoms with Gasteiger partial charge in [-0.1, -0.05) is 0 Å². The fraction of sp³-hybridized carbons (Fsp3) is 0.176. The molecule has 3 heterocycles. The molecule has 2 N–H and O–H groups in total. The number of hydrogen-bond acceptors (Lipinski definition) is 8. The molecular weight excluding hydrogens is 352 g/mol. The molecule has 0 radical (unpaired) electrons. The van der Waals surface area contributed by atoms with E-state index in [-0.39, 0.29) is 23.7 Å². The Morgan fingerprint density at radius 1 is 1.33 bits per heavy atom. The van der Waals surface area contributed by atoms with Gasteiger partial charge in [-0.3, -0.25) is 9.78 Å². The number of aliphatic hydroxyl groups is 1. The molecule has 0 aliphatic heterocycles. The lowest BCUT2D eigenvalue weighted by atomic mass is 10.2. The van der Waals surface area contributed by atoms with Crippen LogP contribution in [0.1, 0.15) is 39.2 Å². The number of rotatable bonds is 7. The average Bonchev–Trinajstić information content (AvgIpc) is 3.33. The summed E-state index contributed by atoms with van der Waals surface area (Å²) in [7, 11) is 0. The maximum absolute atomic E-state index is 12.6. The smallest absolute Gasteiger partial charge is 0.339 e. The summed E-state index contributed by atoms with van der Waals surface area (Å²) in [6.45, 7) is 2.25. The van der Waals surface area contributed by atoms with Crippen LogP contribution < -0.4 is 0 Å². The number of aliphatic hydroxyl groups excluding tert-OH is 1. The number of tetrazole rings is 1. The molecule has 27 heavy (non-hydrogen) atoms. The molecule has 138 valence electrons. The van der Waals surface area contributed by atoms with E-state index in [0.717, 1.165) is 11.6 Å². The molecule has 10 heteroatoms. The van der Waals surface area contributed by atoms with Crippen LogP contribution in [0.15, 0.2) is 42.9 Å². The van der Waals surface area contributed by atoms with Gasteiger partial charge >= 0.3 is 5.97 Å². The van der Waals surface area contributed by atoms with Crippen LogP contribution in [0.4, 0.5) is 0 Å². The number of esters is 1. The molecule has 0 aromatic carbocycles. The zero-order chi connectivity index (χ0) is 19.2. The van der Waals surface area contributed by atoms with Gasteiger partial charge in [-0.2, -0.15) is 5.21 Å². The highest BCUT2D eigenvalue weighted by atomic mass is 16.5. The second-order valence-corrected chi connectivity index (χ2v) is 5.45. The lowest BCUT2D eigenvalue weighted by molar-refractivity contribution is 0.0526. The van der Waals surface area contributed by atoms with Crippen molar-refractivity contribution < 1.29 is 19.4 Å². The summed E-state index contributed by atoms with van der Waals surface area (Å²) in [4.78, 5) is 28.6. The molecule has 0 unspecified atom stereocenters. The Balaban J connectivity index is 1.95. The van der Waals surface area contributed by atoms with Crippen molar-refractivity contribution in [2.75, 3.05) is 6.61 Å². The van der Waals surface area contributed by atoms with Crippen molar-refractivity contribution in [2.45, 2.75) is 13.5 Å². The average molecular weight is 368 g/mol. The van der Waals surface area contributed by atoms with Crippen LogP contribution in [0.2, 0.25) is 0 Å². The summed E-state index contributed by atoms with van der Waals surface area (Å²) >= 11 is 0. The first-order valence-corrected chi connectivity index (χ1v) is 8.03. The lowest BCUT2D eigenvalue weighted by Crippen LogP contribution is -2.08. The molecule has 0 atom stereocenters. The maximum Gasteiger partial charge on any atom is 0.339 e. The number of ether oxygens (including phenoxy) is 1. The Bertz CT molecular complexity index is 963. The highest BCUT2D eigenvalue weighted by Crippen LogP contribution is 2.16. The number of aromatic nitrogens is 6. The largest absolute Gasteiger partial charge is 0.504 e. The Morgan fingerprint density at radius 3 is 2.78 bits per heavy atom. The number of aromatic amines is 1. The van der Waals surface area contributed by atoms with E-state index in [1.165, 1.54) is 12.3 Å². The minimum Gasteiger partial charge on any atom is -0.504 e. The van der Waals surface area contributed by atoms with E-state index in [1.807, 2.05) is 0 Å².